The molecule has 2 aromatic rings. The van der Waals surface area contributed by atoms with Crippen molar-refractivity contribution in [2.45, 2.75) is 6.04 Å². The summed E-state index contributed by atoms with van der Waals surface area (Å²) in [5.41, 5.74) is 2.59. The summed E-state index contributed by atoms with van der Waals surface area (Å²) in [7, 11) is 1.99. The second kappa shape index (κ2) is 4.81. The van der Waals surface area contributed by atoms with E-state index in [0.717, 1.165) is 0 Å². The Morgan fingerprint density at radius 1 is 0.733 bits per heavy atom. The Bertz CT molecular complexity index is 360. The summed E-state index contributed by atoms with van der Waals surface area (Å²) in [5.74, 6) is 0. The molecular weight excluding hydrogens is 181 g/mol. The molecule has 2 heteroatoms. The lowest BCUT2D eigenvalue weighted by Gasteiger charge is -2.17. The molecule has 0 bridgehead atoms. The van der Waals surface area contributed by atoms with Crippen LogP contribution < -0.4 is 5.23 Å². The molecule has 0 spiro atoms. The van der Waals surface area contributed by atoms with Crippen LogP contribution in [0.1, 0.15) is 17.2 Å². The summed E-state index contributed by atoms with van der Waals surface area (Å²) in [4.78, 5) is 0. The van der Waals surface area contributed by atoms with E-state index in [-0.39, 0.29) is 6.04 Å². The molecule has 0 amide bonds. The van der Waals surface area contributed by atoms with Crippen LogP contribution in [-0.4, -0.2) is 7.98 Å². The third-order valence-electron chi connectivity index (χ3n) is 2.55. The average molecular weight is 195 g/mol. The first kappa shape index (κ1) is 10.00. The Morgan fingerprint density at radius 3 is 1.47 bits per heavy atom. The molecule has 1 nitrogen and oxygen atoms in total. The Morgan fingerprint density at radius 2 is 1.13 bits per heavy atom. The van der Waals surface area contributed by atoms with Gasteiger partial charge in [-0.05, 0) is 11.1 Å². The van der Waals surface area contributed by atoms with Gasteiger partial charge in [0, 0.05) is 6.04 Å². The molecule has 0 aliphatic heterocycles. The van der Waals surface area contributed by atoms with E-state index in [9.17, 15) is 0 Å². The lowest BCUT2D eigenvalue weighted by atomic mass is 9.97. The van der Waals surface area contributed by atoms with Crippen molar-refractivity contribution in [1.29, 1.82) is 0 Å². The Labute approximate surface area is 91.6 Å². The van der Waals surface area contributed by atoms with Crippen molar-refractivity contribution in [3.63, 3.8) is 0 Å². The van der Waals surface area contributed by atoms with E-state index < -0.39 is 0 Å². The second-order valence-corrected chi connectivity index (χ2v) is 3.54. The maximum absolute atomic E-state index is 3.33. The van der Waals surface area contributed by atoms with Crippen LogP contribution in [0.5, 0.6) is 0 Å². The molecule has 0 atom stereocenters. The van der Waals surface area contributed by atoms with Crippen LogP contribution in [0.2, 0.25) is 0 Å². The molecule has 0 fully saturated rings. The summed E-state index contributed by atoms with van der Waals surface area (Å²) in [6.07, 6.45) is 0. The minimum absolute atomic E-state index is 0.285. The van der Waals surface area contributed by atoms with Crippen LogP contribution in [0.15, 0.2) is 60.7 Å². The molecule has 2 rings (SSSR count). The normalized spacial score (nSPS) is 10.5. The number of rotatable bonds is 3. The van der Waals surface area contributed by atoms with Crippen molar-refractivity contribution in [3.8, 4) is 0 Å². The zero-order valence-electron chi connectivity index (χ0n) is 8.85. The van der Waals surface area contributed by atoms with Gasteiger partial charge >= 0.3 is 0 Å². The predicted octanol–water partition coefficient (Wildman–Crippen LogP) is 1.91. The van der Waals surface area contributed by atoms with Gasteiger partial charge < -0.3 is 5.23 Å². The minimum atomic E-state index is 0.285. The molecule has 0 radical (unpaired) electrons. The standard InChI is InChI=1S/C13H14BN/c14-15-13(11-7-3-1-4-8-11)12-9-5-2-6-10-12/h1-10,13,15H,14H2. The van der Waals surface area contributed by atoms with Crippen LogP contribution in [0, 0.1) is 0 Å². The summed E-state index contributed by atoms with van der Waals surface area (Å²) >= 11 is 0. The monoisotopic (exact) mass is 195 g/mol. The number of benzene rings is 2. The van der Waals surface area contributed by atoms with E-state index >= 15 is 0 Å². The third-order valence-corrected chi connectivity index (χ3v) is 2.55. The summed E-state index contributed by atoms with van der Waals surface area (Å²) < 4.78 is 0. The lowest BCUT2D eigenvalue weighted by Crippen LogP contribution is -2.18. The molecule has 74 valence electrons. The molecule has 0 heterocycles. The van der Waals surface area contributed by atoms with Gasteiger partial charge in [0.1, 0.15) is 0 Å². The van der Waals surface area contributed by atoms with Crippen LogP contribution in [0.4, 0.5) is 0 Å². The van der Waals surface area contributed by atoms with Crippen molar-refractivity contribution in [3.05, 3.63) is 71.8 Å². The highest BCUT2D eigenvalue weighted by molar-refractivity contribution is 6.04. The number of hydrogen-bond donors (Lipinski definition) is 1. The fraction of sp³-hybridized carbons (Fsp3) is 0.0769. The number of nitrogens with one attached hydrogen (secondary N) is 1. The molecular formula is C13H14BN. The zero-order chi connectivity index (χ0) is 10.5. The largest absolute Gasteiger partial charge is 0.352 e. The Hall–Kier alpha value is -1.54. The van der Waals surface area contributed by atoms with Gasteiger partial charge in [-0.15, -0.1) is 0 Å². The van der Waals surface area contributed by atoms with E-state index in [1.807, 2.05) is 20.1 Å². The van der Waals surface area contributed by atoms with Crippen LogP contribution in [0.25, 0.3) is 0 Å². The van der Waals surface area contributed by atoms with Crippen molar-refractivity contribution in [1.82, 2.24) is 5.23 Å². The molecule has 0 aliphatic rings. The topological polar surface area (TPSA) is 12.0 Å². The highest BCUT2D eigenvalue weighted by atomic mass is 14.8. The van der Waals surface area contributed by atoms with Gasteiger partial charge in [-0.3, -0.25) is 0 Å². The van der Waals surface area contributed by atoms with Gasteiger partial charge in [-0.2, -0.15) is 0 Å². The second-order valence-electron chi connectivity index (χ2n) is 3.54. The van der Waals surface area contributed by atoms with Crippen molar-refractivity contribution < 1.29 is 0 Å². The summed E-state index contributed by atoms with van der Waals surface area (Å²) in [5, 5.41) is 3.33. The zero-order valence-corrected chi connectivity index (χ0v) is 8.85. The quantitative estimate of drug-likeness (QED) is 0.737. The van der Waals surface area contributed by atoms with Crippen LogP contribution >= 0.6 is 0 Å². The average Bonchev–Trinajstić information content (AvgIpc) is 2.33. The van der Waals surface area contributed by atoms with E-state index in [4.69, 9.17) is 0 Å². The van der Waals surface area contributed by atoms with Gasteiger partial charge in [0.05, 0.1) is 0 Å². The maximum atomic E-state index is 3.33. The van der Waals surface area contributed by atoms with Gasteiger partial charge in [0.15, 0.2) is 7.98 Å². The van der Waals surface area contributed by atoms with Crippen molar-refractivity contribution in [2.75, 3.05) is 0 Å². The fourth-order valence-electron chi connectivity index (χ4n) is 1.82. The highest BCUT2D eigenvalue weighted by Gasteiger charge is 2.09. The molecule has 1 N–H and O–H groups in total. The van der Waals surface area contributed by atoms with E-state index in [2.05, 4.69) is 53.8 Å². The van der Waals surface area contributed by atoms with E-state index in [1.54, 1.807) is 0 Å². The molecule has 0 unspecified atom stereocenters. The lowest BCUT2D eigenvalue weighted by molar-refractivity contribution is 0.792. The first-order valence-electron chi connectivity index (χ1n) is 5.19. The first-order chi connectivity index (χ1) is 7.42. The van der Waals surface area contributed by atoms with Crippen molar-refractivity contribution in [2.24, 2.45) is 0 Å². The summed E-state index contributed by atoms with van der Waals surface area (Å²) in [6, 6.07) is 21.2. The SMILES string of the molecule is BNC(c1ccccc1)c1ccccc1. The molecule has 0 saturated heterocycles. The van der Waals surface area contributed by atoms with Crippen LogP contribution in [0.3, 0.4) is 0 Å². The Kier molecular flexibility index (Phi) is 3.20. The molecule has 0 saturated carbocycles. The summed E-state index contributed by atoms with van der Waals surface area (Å²) in [6.45, 7) is 0. The smallest absolute Gasteiger partial charge is 0.183 e. The molecule has 0 aromatic heterocycles. The van der Waals surface area contributed by atoms with Gasteiger partial charge in [-0.25, -0.2) is 0 Å². The number of hydrogen-bond acceptors (Lipinski definition) is 1. The van der Waals surface area contributed by atoms with E-state index in [1.165, 1.54) is 11.1 Å². The highest BCUT2D eigenvalue weighted by Crippen LogP contribution is 2.20. The van der Waals surface area contributed by atoms with Crippen molar-refractivity contribution >= 4 is 7.98 Å². The Balaban J connectivity index is 2.34. The van der Waals surface area contributed by atoms with E-state index in [0.29, 0.717) is 0 Å². The third kappa shape index (κ3) is 2.28. The molecule has 15 heavy (non-hydrogen) atoms. The maximum Gasteiger partial charge on any atom is 0.183 e. The minimum Gasteiger partial charge on any atom is -0.352 e. The first-order valence-corrected chi connectivity index (χ1v) is 5.19. The molecule has 0 aliphatic carbocycles. The predicted molar refractivity (Wildman–Crippen MR) is 66.4 cm³/mol. The van der Waals surface area contributed by atoms with Crippen LogP contribution in [-0.2, 0) is 0 Å². The van der Waals surface area contributed by atoms with Gasteiger partial charge in [0.25, 0.3) is 0 Å². The fourth-order valence-corrected chi connectivity index (χ4v) is 1.82. The van der Waals surface area contributed by atoms with Gasteiger partial charge in [0.2, 0.25) is 0 Å². The van der Waals surface area contributed by atoms with Gasteiger partial charge in [-0.1, -0.05) is 60.7 Å². The molecule has 2 aromatic carbocycles.